The number of para-hydroxylation sites is 1. The molecule has 5 heteroatoms. The van der Waals surface area contributed by atoms with Crippen LogP contribution in [0.25, 0.3) is 0 Å². The maximum Gasteiger partial charge on any atom is 0.387 e. The molecule has 1 aliphatic heterocycles. The highest BCUT2D eigenvalue weighted by atomic mass is 19.3. The van der Waals surface area contributed by atoms with E-state index in [0.717, 1.165) is 5.56 Å². The second kappa shape index (κ2) is 5.23. The van der Waals surface area contributed by atoms with E-state index < -0.39 is 6.61 Å². The fourth-order valence-corrected chi connectivity index (χ4v) is 1.47. The molecule has 1 aromatic rings. The highest BCUT2D eigenvalue weighted by Crippen LogP contribution is 2.20. The van der Waals surface area contributed by atoms with Gasteiger partial charge in [0.05, 0.1) is 19.3 Å². The van der Waals surface area contributed by atoms with Gasteiger partial charge in [-0.3, -0.25) is 0 Å². The Morgan fingerprint density at radius 2 is 2.12 bits per heavy atom. The smallest absolute Gasteiger partial charge is 0.387 e. The zero-order valence-corrected chi connectivity index (χ0v) is 8.66. The zero-order chi connectivity index (χ0) is 11.4. The van der Waals surface area contributed by atoms with E-state index in [0.29, 0.717) is 25.8 Å². The molecule has 0 amide bonds. The van der Waals surface area contributed by atoms with Gasteiger partial charge in [-0.15, -0.1) is 0 Å². The van der Waals surface area contributed by atoms with Crippen LogP contribution < -0.4 is 10.1 Å². The molecular formula is C11H13F2NO2. The Morgan fingerprint density at radius 3 is 2.75 bits per heavy atom. The van der Waals surface area contributed by atoms with E-state index in [4.69, 9.17) is 4.74 Å². The lowest BCUT2D eigenvalue weighted by Gasteiger charge is -2.27. The van der Waals surface area contributed by atoms with Gasteiger partial charge in [0, 0.05) is 12.1 Å². The molecule has 1 saturated heterocycles. The van der Waals surface area contributed by atoms with E-state index in [-0.39, 0.29) is 5.75 Å². The SMILES string of the molecule is FC(F)Oc1ccccc1CNC1COC1. The third-order valence-electron chi connectivity index (χ3n) is 2.41. The number of nitrogens with one attached hydrogen (secondary N) is 1. The van der Waals surface area contributed by atoms with Gasteiger partial charge in [-0.25, -0.2) is 0 Å². The maximum absolute atomic E-state index is 12.1. The normalized spacial score (nSPS) is 16.2. The predicted octanol–water partition coefficient (Wildman–Crippen LogP) is 1.78. The van der Waals surface area contributed by atoms with Crippen molar-refractivity contribution in [2.24, 2.45) is 0 Å². The summed E-state index contributed by atoms with van der Waals surface area (Å²) >= 11 is 0. The molecule has 1 N–H and O–H groups in total. The van der Waals surface area contributed by atoms with Crippen LogP contribution in [-0.4, -0.2) is 25.9 Å². The maximum atomic E-state index is 12.1. The summed E-state index contributed by atoms with van der Waals surface area (Å²) in [5, 5.41) is 3.20. The van der Waals surface area contributed by atoms with Gasteiger partial charge in [-0.2, -0.15) is 8.78 Å². The average molecular weight is 229 g/mol. The molecule has 0 radical (unpaired) electrons. The number of halogens is 2. The summed E-state index contributed by atoms with van der Waals surface area (Å²) in [7, 11) is 0. The van der Waals surface area contributed by atoms with Crippen LogP contribution in [0.2, 0.25) is 0 Å². The molecule has 2 rings (SSSR count). The lowest BCUT2D eigenvalue weighted by atomic mass is 10.2. The lowest BCUT2D eigenvalue weighted by molar-refractivity contribution is -0.0507. The number of ether oxygens (including phenoxy) is 2. The van der Waals surface area contributed by atoms with Crippen LogP contribution >= 0.6 is 0 Å². The third-order valence-corrected chi connectivity index (χ3v) is 2.41. The topological polar surface area (TPSA) is 30.5 Å². The van der Waals surface area contributed by atoms with Gasteiger partial charge in [-0.05, 0) is 6.07 Å². The summed E-state index contributed by atoms with van der Waals surface area (Å²) in [6, 6.07) is 7.10. The highest BCUT2D eigenvalue weighted by molar-refractivity contribution is 5.33. The first kappa shape index (κ1) is 11.3. The molecule has 88 valence electrons. The third kappa shape index (κ3) is 2.90. The van der Waals surface area contributed by atoms with E-state index in [1.54, 1.807) is 24.3 Å². The summed E-state index contributed by atoms with van der Waals surface area (Å²) in [5.41, 5.74) is 0.731. The lowest BCUT2D eigenvalue weighted by Crippen LogP contribution is -2.45. The summed E-state index contributed by atoms with van der Waals surface area (Å²) in [5.74, 6) is 0.227. The fraction of sp³-hybridized carbons (Fsp3) is 0.455. The van der Waals surface area contributed by atoms with E-state index >= 15 is 0 Å². The Hall–Kier alpha value is -1.20. The number of rotatable bonds is 5. The Kier molecular flexibility index (Phi) is 3.69. The van der Waals surface area contributed by atoms with Gasteiger partial charge >= 0.3 is 6.61 Å². The standard InChI is InChI=1S/C11H13F2NO2/c12-11(13)16-10-4-2-1-3-8(10)5-14-9-6-15-7-9/h1-4,9,11,14H,5-7H2. The monoisotopic (exact) mass is 229 g/mol. The van der Waals surface area contributed by atoms with Crippen molar-refractivity contribution in [2.45, 2.75) is 19.2 Å². The van der Waals surface area contributed by atoms with Crippen molar-refractivity contribution in [3.05, 3.63) is 29.8 Å². The van der Waals surface area contributed by atoms with Crippen molar-refractivity contribution in [1.29, 1.82) is 0 Å². The number of benzene rings is 1. The van der Waals surface area contributed by atoms with E-state index in [1.165, 1.54) is 0 Å². The second-order valence-corrected chi connectivity index (χ2v) is 3.60. The fourth-order valence-electron chi connectivity index (χ4n) is 1.47. The molecule has 1 aromatic carbocycles. The van der Waals surface area contributed by atoms with E-state index in [1.807, 2.05) is 0 Å². The summed E-state index contributed by atoms with van der Waals surface area (Å²) in [6.45, 7) is -0.916. The molecule has 1 heterocycles. The first-order chi connectivity index (χ1) is 7.75. The summed E-state index contributed by atoms with van der Waals surface area (Å²) in [6.07, 6.45) is 0. The Labute approximate surface area is 92.4 Å². The minimum atomic E-state index is -2.78. The van der Waals surface area contributed by atoms with E-state index in [9.17, 15) is 8.78 Å². The quantitative estimate of drug-likeness (QED) is 0.834. The molecule has 0 saturated carbocycles. The van der Waals surface area contributed by atoms with Crippen LogP contribution in [-0.2, 0) is 11.3 Å². The Balaban J connectivity index is 1.94. The predicted molar refractivity (Wildman–Crippen MR) is 54.5 cm³/mol. The van der Waals surface area contributed by atoms with Crippen LogP contribution in [0.4, 0.5) is 8.78 Å². The van der Waals surface area contributed by atoms with Gasteiger partial charge in [-0.1, -0.05) is 18.2 Å². The molecule has 0 bridgehead atoms. The van der Waals surface area contributed by atoms with Crippen LogP contribution in [0, 0.1) is 0 Å². The Bertz CT molecular complexity index is 343. The number of hydrogen-bond acceptors (Lipinski definition) is 3. The summed E-state index contributed by atoms with van der Waals surface area (Å²) in [4.78, 5) is 0. The average Bonchev–Trinajstić information content (AvgIpc) is 2.17. The van der Waals surface area contributed by atoms with Crippen LogP contribution in [0.5, 0.6) is 5.75 Å². The van der Waals surface area contributed by atoms with Crippen molar-refractivity contribution in [3.8, 4) is 5.75 Å². The van der Waals surface area contributed by atoms with Gasteiger partial charge in [0.2, 0.25) is 0 Å². The summed E-state index contributed by atoms with van der Waals surface area (Å²) < 4.78 is 33.7. The van der Waals surface area contributed by atoms with Crippen LogP contribution in [0.15, 0.2) is 24.3 Å². The van der Waals surface area contributed by atoms with Gasteiger partial charge in [0.15, 0.2) is 0 Å². The molecule has 0 spiro atoms. The van der Waals surface area contributed by atoms with Crippen molar-refractivity contribution < 1.29 is 18.3 Å². The van der Waals surface area contributed by atoms with Gasteiger partial charge in [0.25, 0.3) is 0 Å². The molecule has 1 fully saturated rings. The first-order valence-electron chi connectivity index (χ1n) is 5.09. The highest BCUT2D eigenvalue weighted by Gasteiger charge is 2.18. The minimum absolute atomic E-state index is 0.227. The van der Waals surface area contributed by atoms with E-state index in [2.05, 4.69) is 10.1 Å². The van der Waals surface area contributed by atoms with Crippen molar-refractivity contribution in [2.75, 3.05) is 13.2 Å². The molecule has 16 heavy (non-hydrogen) atoms. The number of alkyl halides is 2. The van der Waals surface area contributed by atoms with Crippen LogP contribution in [0.3, 0.4) is 0 Å². The van der Waals surface area contributed by atoms with Gasteiger partial charge < -0.3 is 14.8 Å². The molecule has 3 nitrogen and oxygen atoms in total. The molecule has 1 aliphatic rings. The molecular weight excluding hydrogens is 216 g/mol. The molecule has 0 atom stereocenters. The molecule has 0 unspecified atom stereocenters. The van der Waals surface area contributed by atoms with Crippen molar-refractivity contribution in [1.82, 2.24) is 5.32 Å². The second-order valence-electron chi connectivity index (χ2n) is 3.60. The van der Waals surface area contributed by atoms with Crippen LogP contribution in [0.1, 0.15) is 5.56 Å². The zero-order valence-electron chi connectivity index (χ0n) is 8.66. The first-order valence-corrected chi connectivity index (χ1v) is 5.09. The number of hydrogen-bond donors (Lipinski definition) is 1. The largest absolute Gasteiger partial charge is 0.434 e. The Morgan fingerprint density at radius 1 is 1.38 bits per heavy atom. The molecule has 0 aliphatic carbocycles. The van der Waals surface area contributed by atoms with Gasteiger partial charge in [0.1, 0.15) is 5.75 Å². The molecule has 0 aromatic heterocycles. The van der Waals surface area contributed by atoms with Crippen molar-refractivity contribution in [3.63, 3.8) is 0 Å². The van der Waals surface area contributed by atoms with Crippen molar-refractivity contribution >= 4 is 0 Å². The minimum Gasteiger partial charge on any atom is -0.434 e.